The molecule has 1 atom stereocenters. The number of ether oxygens (including phenoxy) is 1. The standard InChI is InChI=1S/C26H28N4O3/c1-5-33-25(31)22-17(4)27-26(32)28-24(22)21-15-30(20-9-7-6-8-10-20)29-23(21)19-13-11-18(12-14-19)16(2)3/h6-16,24H,5H2,1-4H3,(H2,27,28,32)/t24-/m1/s1. The Kier molecular flexibility index (Phi) is 6.31. The summed E-state index contributed by atoms with van der Waals surface area (Å²) in [5.41, 5.74) is 5.24. The normalized spacial score (nSPS) is 15.9. The molecule has 2 amide bonds. The van der Waals surface area contributed by atoms with Gasteiger partial charge in [0.05, 0.1) is 29.6 Å². The van der Waals surface area contributed by atoms with Crippen LogP contribution in [0.2, 0.25) is 0 Å². The lowest BCUT2D eigenvalue weighted by molar-refractivity contribution is -0.139. The van der Waals surface area contributed by atoms with E-state index < -0.39 is 12.0 Å². The molecule has 1 aromatic heterocycles. The van der Waals surface area contributed by atoms with Crippen LogP contribution in [0.1, 0.15) is 50.8 Å². The zero-order chi connectivity index (χ0) is 23.5. The molecule has 0 bridgehead atoms. The molecular weight excluding hydrogens is 416 g/mol. The number of carbonyl (C=O) groups is 2. The summed E-state index contributed by atoms with van der Waals surface area (Å²) in [6.07, 6.45) is 1.86. The van der Waals surface area contributed by atoms with Crippen LogP contribution in [-0.2, 0) is 9.53 Å². The number of nitrogens with one attached hydrogen (secondary N) is 2. The molecule has 0 fully saturated rings. The van der Waals surface area contributed by atoms with Gasteiger partial charge < -0.3 is 15.4 Å². The van der Waals surface area contributed by atoms with Gasteiger partial charge in [0, 0.05) is 23.0 Å². The van der Waals surface area contributed by atoms with E-state index in [0.29, 0.717) is 28.4 Å². The van der Waals surface area contributed by atoms with Gasteiger partial charge in [0.25, 0.3) is 0 Å². The highest BCUT2D eigenvalue weighted by Gasteiger charge is 2.35. The Morgan fingerprint density at radius 1 is 1.12 bits per heavy atom. The molecule has 170 valence electrons. The second-order valence-corrected chi connectivity index (χ2v) is 8.28. The van der Waals surface area contributed by atoms with Crippen LogP contribution in [0, 0.1) is 0 Å². The van der Waals surface area contributed by atoms with E-state index >= 15 is 0 Å². The number of nitrogens with zero attached hydrogens (tertiary/aromatic N) is 2. The first-order valence-corrected chi connectivity index (χ1v) is 11.1. The van der Waals surface area contributed by atoms with Crippen LogP contribution < -0.4 is 10.6 Å². The predicted molar refractivity (Wildman–Crippen MR) is 127 cm³/mol. The lowest BCUT2D eigenvalue weighted by Gasteiger charge is -2.27. The van der Waals surface area contributed by atoms with E-state index in [0.717, 1.165) is 11.3 Å². The fraction of sp³-hybridized carbons (Fsp3) is 0.269. The largest absolute Gasteiger partial charge is 0.463 e. The van der Waals surface area contributed by atoms with Crippen LogP contribution in [0.25, 0.3) is 16.9 Å². The quantitative estimate of drug-likeness (QED) is 0.532. The Bertz CT molecular complexity index is 1190. The zero-order valence-corrected chi connectivity index (χ0v) is 19.3. The van der Waals surface area contributed by atoms with Gasteiger partial charge in [-0.25, -0.2) is 14.3 Å². The van der Waals surface area contributed by atoms with Crippen LogP contribution >= 0.6 is 0 Å². The minimum atomic E-state index is -0.699. The van der Waals surface area contributed by atoms with Crippen LogP contribution in [-0.4, -0.2) is 28.4 Å². The number of benzene rings is 2. The van der Waals surface area contributed by atoms with Crippen LogP contribution in [0.3, 0.4) is 0 Å². The number of esters is 1. The molecule has 2 heterocycles. The van der Waals surface area contributed by atoms with Crippen molar-refractivity contribution in [2.45, 2.75) is 39.7 Å². The van der Waals surface area contributed by atoms with Crippen LogP contribution in [0.4, 0.5) is 4.79 Å². The van der Waals surface area contributed by atoms with E-state index in [4.69, 9.17) is 9.84 Å². The van der Waals surface area contributed by atoms with Gasteiger partial charge in [0.2, 0.25) is 0 Å². The van der Waals surface area contributed by atoms with Crippen molar-refractivity contribution in [1.82, 2.24) is 20.4 Å². The Morgan fingerprint density at radius 3 is 2.45 bits per heavy atom. The maximum atomic E-state index is 12.8. The third-order valence-electron chi connectivity index (χ3n) is 5.69. The third-order valence-corrected chi connectivity index (χ3v) is 5.69. The SMILES string of the molecule is CCOC(=O)C1=C(C)NC(=O)N[C@@H]1c1cn(-c2ccccc2)nc1-c1ccc(C(C)C)cc1. The monoisotopic (exact) mass is 444 g/mol. The maximum absolute atomic E-state index is 12.8. The summed E-state index contributed by atoms with van der Waals surface area (Å²) in [4.78, 5) is 25.2. The summed E-state index contributed by atoms with van der Waals surface area (Å²) in [7, 11) is 0. The van der Waals surface area contributed by atoms with Crippen molar-refractivity contribution in [3.63, 3.8) is 0 Å². The number of rotatable bonds is 6. The highest BCUT2D eigenvalue weighted by atomic mass is 16.5. The highest BCUT2D eigenvalue weighted by molar-refractivity contribution is 5.95. The molecule has 2 aromatic carbocycles. The molecule has 7 heteroatoms. The summed E-state index contributed by atoms with van der Waals surface area (Å²) in [6, 6.07) is 16.9. The molecular formula is C26H28N4O3. The van der Waals surface area contributed by atoms with Crippen molar-refractivity contribution >= 4 is 12.0 Å². The molecule has 0 unspecified atom stereocenters. The van der Waals surface area contributed by atoms with Crippen LogP contribution in [0.15, 0.2) is 72.1 Å². The van der Waals surface area contributed by atoms with Gasteiger partial charge in [0.15, 0.2) is 0 Å². The van der Waals surface area contributed by atoms with Gasteiger partial charge in [-0.05, 0) is 37.5 Å². The highest BCUT2D eigenvalue weighted by Crippen LogP contribution is 2.35. The lowest BCUT2D eigenvalue weighted by atomic mass is 9.93. The molecule has 0 saturated carbocycles. The van der Waals surface area contributed by atoms with Gasteiger partial charge in [-0.2, -0.15) is 5.10 Å². The van der Waals surface area contributed by atoms with E-state index in [1.54, 1.807) is 18.5 Å². The van der Waals surface area contributed by atoms with Gasteiger partial charge in [-0.3, -0.25) is 0 Å². The van der Waals surface area contributed by atoms with Gasteiger partial charge >= 0.3 is 12.0 Å². The number of para-hydroxylation sites is 1. The average molecular weight is 445 g/mol. The molecule has 33 heavy (non-hydrogen) atoms. The van der Waals surface area contributed by atoms with E-state index in [1.807, 2.05) is 48.7 Å². The molecule has 3 aromatic rings. The van der Waals surface area contributed by atoms with Crippen molar-refractivity contribution in [2.24, 2.45) is 0 Å². The zero-order valence-electron chi connectivity index (χ0n) is 19.3. The van der Waals surface area contributed by atoms with Crippen molar-refractivity contribution in [1.29, 1.82) is 0 Å². The third kappa shape index (κ3) is 4.53. The smallest absolute Gasteiger partial charge is 0.338 e. The number of aromatic nitrogens is 2. The first kappa shape index (κ1) is 22.3. The van der Waals surface area contributed by atoms with E-state index in [1.165, 1.54) is 5.56 Å². The van der Waals surface area contributed by atoms with Crippen molar-refractivity contribution in [3.05, 3.63) is 83.2 Å². The molecule has 0 saturated heterocycles. The fourth-order valence-electron chi connectivity index (χ4n) is 3.97. The Balaban J connectivity index is 1.88. The summed E-state index contributed by atoms with van der Waals surface area (Å²) < 4.78 is 7.07. The molecule has 1 aliphatic rings. The number of allylic oxidation sites excluding steroid dienone is 1. The van der Waals surface area contributed by atoms with Gasteiger partial charge in [0.1, 0.15) is 0 Å². The van der Waals surface area contributed by atoms with Gasteiger partial charge in [-0.15, -0.1) is 0 Å². The minimum Gasteiger partial charge on any atom is -0.463 e. The van der Waals surface area contributed by atoms with Crippen molar-refractivity contribution < 1.29 is 14.3 Å². The van der Waals surface area contributed by atoms with Crippen molar-refractivity contribution in [3.8, 4) is 16.9 Å². The minimum absolute atomic E-state index is 0.239. The fourth-order valence-corrected chi connectivity index (χ4v) is 3.97. The van der Waals surface area contributed by atoms with E-state index in [-0.39, 0.29) is 12.6 Å². The molecule has 7 nitrogen and oxygen atoms in total. The number of amides is 2. The molecule has 0 spiro atoms. The molecule has 0 aliphatic carbocycles. The van der Waals surface area contributed by atoms with Crippen LogP contribution in [0.5, 0.6) is 0 Å². The predicted octanol–water partition coefficient (Wildman–Crippen LogP) is 4.85. The van der Waals surface area contributed by atoms with E-state index in [2.05, 4.69) is 36.6 Å². The van der Waals surface area contributed by atoms with E-state index in [9.17, 15) is 9.59 Å². The molecule has 0 radical (unpaired) electrons. The van der Waals surface area contributed by atoms with Gasteiger partial charge in [-0.1, -0.05) is 56.3 Å². The maximum Gasteiger partial charge on any atom is 0.338 e. The summed E-state index contributed by atoms with van der Waals surface area (Å²) >= 11 is 0. The lowest BCUT2D eigenvalue weighted by Crippen LogP contribution is -2.45. The molecule has 1 aliphatic heterocycles. The van der Waals surface area contributed by atoms with Crippen molar-refractivity contribution in [2.75, 3.05) is 6.61 Å². The Morgan fingerprint density at radius 2 is 1.82 bits per heavy atom. The Hall–Kier alpha value is -3.87. The molecule has 2 N–H and O–H groups in total. The summed E-state index contributed by atoms with van der Waals surface area (Å²) in [6.45, 7) is 8.00. The molecule has 4 rings (SSSR count). The second-order valence-electron chi connectivity index (χ2n) is 8.28. The summed E-state index contributed by atoms with van der Waals surface area (Å²) in [5, 5.41) is 10.4. The number of hydrogen-bond acceptors (Lipinski definition) is 4. The average Bonchev–Trinajstić information content (AvgIpc) is 3.25. The Labute approximate surface area is 193 Å². The number of hydrogen-bond donors (Lipinski definition) is 2. The number of urea groups is 1. The second kappa shape index (κ2) is 9.32. The summed E-state index contributed by atoms with van der Waals surface area (Å²) in [5.74, 6) is -0.0637. The number of carbonyl (C=O) groups excluding carboxylic acids is 2. The first-order valence-electron chi connectivity index (χ1n) is 11.1. The first-order chi connectivity index (χ1) is 15.9. The topological polar surface area (TPSA) is 85.2 Å².